The molecule has 14 heavy (non-hydrogen) atoms. The van der Waals surface area contributed by atoms with Crippen molar-refractivity contribution in [1.29, 1.82) is 0 Å². The third-order valence-electron chi connectivity index (χ3n) is 1.85. The fourth-order valence-corrected chi connectivity index (χ4v) is 1.05. The summed E-state index contributed by atoms with van der Waals surface area (Å²) in [5.74, 6) is -0.405. The summed E-state index contributed by atoms with van der Waals surface area (Å²) in [6.45, 7) is 1.65. The molecule has 1 aromatic rings. The molecule has 0 saturated heterocycles. The lowest BCUT2D eigenvalue weighted by atomic mass is 10.1. The van der Waals surface area contributed by atoms with E-state index in [0.29, 0.717) is 16.8 Å². The molecule has 0 atom stereocenters. The van der Waals surface area contributed by atoms with Crippen LogP contribution in [0, 0.1) is 0 Å². The van der Waals surface area contributed by atoms with Crippen molar-refractivity contribution >= 4 is 11.7 Å². The molecule has 4 nitrogen and oxygen atoms in total. The summed E-state index contributed by atoms with van der Waals surface area (Å²) < 4.78 is 4.56. The van der Waals surface area contributed by atoms with Crippen LogP contribution in [0.25, 0.3) is 0 Å². The Labute approximate surface area is 81.8 Å². The third kappa shape index (κ3) is 2.10. The number of rotatable bonds is 2. The Bertz CT molecular complexity index is 371. The Kier molecular flexibility index (Phi) is 3.23. The van der Waals surface area contributed by atoms with Crippen LogP contribution < -0.4 is 0 Å². The highest BCUT2D eigenvalue weighted by Crippen LogP contribution is 2.07. The quantitative estimate of drug-likeness (QED) is 0.336. The second kappa shape index (κ2) is 4.41. The molecule has 0 amide bonds. The second-order valence-corrected chi connectivity index (χ2v) is 2.76. The summed E-state index contributed by atoms with van der Waals surface area (Å²) in [5, 5.41) is 11.6. The van der Waals surface area contributed by atoms with Crippen LogP contribution in [0.3, 0.4) is 0 Å². The molecule has 74 valence electrons. The van der Waals surface area contributed by atoms with Gasteiger partial charge < -0.3 is 9.94 Å². The lowest BCUT2D eigenvalue weighted by molar-refractivity contribution is 0.0600. The number of carbonyl (C=O) groups excluding carboxylic acids is 1. The summed E-state index contributed by atoms with van der Waals surface area (Å²) in [6.07, 6.45) is 0. The minimum atomic E-state index is -0.405. The molecule has 0 spiro atoms. The molecule has 1 rings (SSSR count). The van der Waals surface area contributed by atoms with E-state index in [1.54, 1.807) is 31.2 Å². The van der Waals surface area contributed by atoms with Crippen molar-refractivity contribution in [3.8, 4) is 0 Å². The van der Waals surface area contributed by atoms with Crippen LogP contribution in [-0.4, -0.2) is 24.0 Å². The van der Waals surface area contributed by atoms with Gasteiger partial charge in [0, 0.05) is 0 Å². The van der Waals surface area contributed by atoms with E-state index in [9.17, 15) is 4.79 Å². The summed E-state index contributed by atoms with van der Waals surface area (Å²) in [7, 11) is 1.32. The van der Waals surface area contributed by atoms with Crippen molar-refractivity contribution in [2.24, 2.45) is 5.16 Å². The Morgan fingerprint density at radius 1 is 1.43 bits per heavy atom. The van der Waals surface area contributed by atoms with E-state index >= 15 is 0 Å². The SMILES string of the molecule is COC(=O)c1cccc(C(C)=NO)c1. The van der Waals surface area contributed by atoms with E-state index in [2.05, 4.69) is 9.89 Å². The van der Waals surface area contributed by atoms with Crippen molar-refractivity contribution in [1.82, 2.24) is 0 Å². The van der Waals surface area contributed by atoms with E-state index in [0.717, 1.165) is 0 Å². The average molecular weight is 193 g/mol. The number of carbonyl (C=O) groups is 1. The van der Waals surface area contributed by atoms with E-state index < -0.39 is 5.97 Å². The summed E-state index contributed by atoms with van der Waals surface area (Å²) >= 11 is 0. The van der Waals surface area contributed by atoms with Crippen molar-refractivity contribution in [3.05, 3.63) is 35.4 Å². The number of ether oxygens (including phenoxy) is 1. The normalized spacial score (nSPS) is 11.1. The number of hydrogen-bond acceptors (Lipinski definition) is 4. The van der Waals surface area contributed by atoms with Crippen LogP contribution in [0.1, 0.15) is 22.8 Å². The second-order valence-electron chi connectivity index (χ2n) is 2.76. The average Bonchev–Trinajstić information content (AvgIpc) is 2.27. The molecular formula is C10H11NO3. The van der Waals surface area contributed by atoms with Crippen LogP contribution in [-0.2, 0) is 4.74 Å². The van der Waals surface area contributed by atoms with E-state index in [1.807, 2.05) is 0 Å². The first-order valence-corrected chi connectivity index (χ1v) is 4.06. The maximum Gasteiger partial charge on any atom is 0.337 e. The van der Waals surface area contributed by atoms with Gasteiger partial charge in [0.15, 0.2) is 0 Å². The summed E-state index contributed by atoms with van der Waals surface area (Å²) in [5.41, 5.74) is 1.58. The molecule has 4 heteroatoms. The van der Waals surface area contributed by atoms with Crippen LogP contribution in [0.15, 0.2) is 29.4 Å². The van der Waals surface area contributed by atoms with Crippen LogP contribution >= 0.6 is 0 Å². The van der Waals surface area contributed by atoms with E-state index in [1.165, 1.54) is 7.11 Å². The first kappa shape index (κ1) is 10.2. The van der Waals surface area contributed by atoms with Crippen molar-refractivity contribution < 1.29 is 14.7 Å². The Morgan fingerprint density at radius 3 is 2.64 bits per heavy atom. The van der Waals surface area contributed by atoms with Gasteiger partial charge in [0.05, 0.1) is 18.4 Å². The lowest BCUT2D eigenvalue weighted by Gasteiger charge is -2.01. The number of methoxy groups -OCH3 is 1. The third-order valence-corrected chi connectivity index (χ3v) is 1.85. The molecule has 0 radical (unpaired) electrons. The molecule has 0 aliphatic heterocycles. The van der Waals surface area contributed by atoms with Gasteiger partial charge in [0.25, 0.3) is 0 Å². The molecule has 0 aliphatic rings. The lowest BCUT2D eigenvalue weighted by Crippen LogP contribution is -2.03. The zero-order chi connectivity index (χ0) is 10.6. The number of benzene rings is 1. The van der Waals surface area contributed by atoms with Gasteiger partial charge in [0.1, 0.15) is 0 Å². The van der Waals surface area contributed by atoms with Gasteiger partial charge in [-0.15, -0.1) is 0 Å². The monoisotopic (exact) mass is 193 g/mol. The minimum absolute atomic E-state index is 0.405. The molecular weight excluding hydrogens is 182 g/mol. The zero-order valence-electron chi connectivity index (χ0n) is 8.02. The fourth-order valence-electron chi connectivity index (χ4n) is 1.05. The maximum absolute atomic E-state index is 11.2. The van der Waals surface area contributed by atoms with Crippen LogP contribution in [0.4, 0.5) is 0 Å². The van der Waals surface area contributed by atoms with Gasteiger partial charge in [-0.3, -0.25) is 0 Å². The number of hydrogen-bond donors (Lipinski definition) is 1. The largest absolute Gasteiger partial charge is 0.465 e. The van der Waals surface area contributed by atoms with Crippen LogP contribution in [0.5, 0.6) is 0 Å². The highest BCUT2D eigenvalue weighted by Gasteiger charge is 2.06. The van der Waals surface area contributed by atoms with Crippen molar-refractivity contribution in [2.45, 2.75) is 6.92 Å². The predicted molar refractivity (Wildman–Crippen MR) is 51.8 cm³/mol. The molecule has 0 aliphatic carbocycles. The molecule has 0 fully saturated rings. The molecule has 0 aromatic heterocycles. The van der Waals surface area contributed by atoms with Crippen molar-refractivity contribution in [3.63, 3.8) is 0 Å². The van der Waals surface area contributed by atoms with Gasteiger partial charge in [-0.2, -0.15) is 0 Å². The number of esters is 1. The standard InChI is InChI=1S/C10H11NO3/c1-7(11-13)8-4-3-5-9(6-8)10(12)14-2/h3-6,13H,1-2H3. The number of nitrogens with zero attached hydrogens (tertiary/aromatic N) is 1. The fraction of sp³-hybridized carbons (Fsp3) is 0.200. The van der Waals surface area contributed by atoms with Crippen LogP contribution in [0.2, 0.25) is 0 Å². The first-order valence-electron chi connectivity index (χ1n) is 4.06. The molecule has 1 aromatic carbocycles. The Balaban J connectivity index is 3.07. The van der Waals surface area contributed by atoms with Crippen molar-refractivity contribution in [2.75, 3.05) is 7.11 Å². The molecule has 0 unspecified atom stereocenters. The molecule has 0 heterocycles. The molecule has 1 N–H and O–H groups in total. The topological polar surface area (TPSA) is 58.9 Å². The molecule has 0 bridgehead atoms. The molecule has 0 saturated carbocycles. The highest BCUT2D eigenvalue weighted by molar-refractivity contribution is 6.00. The van der Waals surface area contributed by atoms with E-state index in [-0.39, 0.29) is 0 Å². The summed E-state index contributed by atoms with van der Waals surface area (Å²) in [4.78, 5) is 11.2. The minimum Gasteiger partial charge on any atom is -0.465 e. The predicted octanol–water partition coefficient (Wildman–Crippen LogP) is 1.67. The first-order chi connectivity index (χ1) is 6.69. The smallest absolute Gasteiger partial charge is 0.337 e. The number of oxime groups is 1. The van der Waals surface area contributed by atoms with Gasteiger partial charge in [-0.05, 0) is 24.6 Å². The maximum atomic E-state index is 11.2. The summed E-state index contributed by atoms with van der Waals surface area (Å²) in [6, 6.07) is 6.71. The Morgan fingerprint density at radius 2 is 2.07 bits per heavy atom. The highest BCUT2D eigenvalue weighted by atomic mass is 16.5. The van der Waals surface area contributed by atoms with Gasteiger partial charge in [-0.1, -0.05) is 17.3 Å². The van der Waals surface area contributed by atoms with Gasteiger partial charge >= 0.3 is 5.97 Å². The Hall–Kier alpha value is -1.84. The van der Waals surface area contributed by atoms with E-state index in [4.69, 9.17) is 5.21 Å². The van der Waals surface area contributed by atoms with Gasteiger partial charge in [0.2, 0.25) is 0 Å². The zero-order valence-corrected chi connectivity index (χ0v) is 8.02. The van der Waals surface area contributed by atoms with Gasteiger partial charge in [-0.25, -0.2) is 4.79 Å².